The molecule has 1 aromatic heterocycles. The first-order valence-electron chi connectivity index (χ1n) is 7.40. The molecule has 6 nitrogen and oxygen atoms in total. The Balaban J connectivity index is 1.64. The molecule has 0 aliphatic carbocycles. The van der Waals surface area contributed by atoms with Crippen LogP contribution in [0, 0.1) is 0 Å². The Morgan fingerprint density at radius 3 is 3.10 bits per heavy atom. The number of amides is 2. The number of carbonyl (C=O) groups excluding carboxylic acids is 2. The largest absolute Gasteiger partial charge is 0.337 e. The van der Waals surface area contributed by atoms with Gasteiger partial charge in [-0.05, 0) is 13.3 Å². The maximum Gasteiger partial charge on any atom is 0.228 e. The first-order chi connectivity index (χ1) is 10.1. The maximum atomic E-state index is 12.4. The number of piperazine rings is 1. The summed E-state index contributed by atoms with van der Waals surface area (Å²) < 4.78 is 0. The molecule has 0 unspecified atom stereocenters. The molecule has 0 saturated carbocycles. The molecule has 0 spiro atoms. The highest BCUT2D eigenvalue weighted by Crippen LogP contribution is 2.25. The lowest BCUT2D eigenvalue weighted by Gasteiger charge is -2.33. The van der Waals surface area contributed by atoms with Crippen molar-refractivity contribution in [2.24, 2.45) is 0 Å². The van der Waals surface area contributed by atoms with E-state index in [0.29, 0.717) is 12.8 Å². The molecule has 2 aliphatic rings. The summed E-state index contributed by atoms with van der Waals surface area (Å²) in [5, 5.41) is 5.90. The highest BCUT2D eigenvalue weighted by atomic mass is 32.1. The fourth-order valence-corrected chi connectivity index (χ4v) is 3.69. The first kappa shape index (κ1) is 14.5. The summed E-state index contributed by atoms with van der Waals surface area (Å²) in [6, 6.07) is 0.226. The van der Waals surface area contributed by atoms with Crippen LogP contribution in [-0.2, 0) is 16.0 Å². The minimum absolute atomic E-state index is 0.119. The van der Waals surface area contributed by atoms with Crippen molar-refractivity contribution in [2.75, 3.05) is 31.1 Å². The van der Waals surface area contributed by atoms with E-state index in [0.717, 1.165) is 43.4 Å². The fourth-order valence-electron chi connectivity index (χ4n) is 2.82. The van der Waals surface area contributed by atoms with Crippen LogP contribution in [0.15, 0.2) is 5.38 Å². The Labute approximate surface area is 128 Å². The number of anilines is 1. The van der Waals surface area contributed by atoms with Crippen molar-refractivity contribution in [3.8, 4) is 0 Å². The molecule has 2 saturated heterocycles. The normalized spacial score (nSPS) is 22.9. The third kappa shape index (κ3) is 3.08. The van der Waals surface area contributed by atoms with Crippen molar-refractivity contribution >= 4 is 28.3 Å². The number of nitrogens with zero attached hydrogens (tertiary/aromatic N) is 3. The SMILES string of the molecule is C[C@H]1CNCCN1C(=O)Cc1csc(N2CCCC2=O)n1. The Hall–Kier alpha value is -1.47. The average molecular weight is 308 g/mol. The zero-order chi connectivity index (χ0) is 14.8. The summed E-state index contributed by atoms with van der Waals surface area (Å²) in [6.45, 7) is 5.24. The van der Waals surface area contributed by atoms with Crippen molar-refractivity contribution in [1.29, 1.82) is 0 Å². The Morgan fingerprint density at radius 1 is 1.52 bits per heavy atom. The number of thiazole rings is 1. The third-order valence-electron chi connectivity index (χ3n) is 4.00. The van der Waals surface area contributed by atoms with Gasteiger partial charge in [0.25, 0.3) is 0 Å². The molecule has 114 valence electrons. The van der Waals surface area contributed by atoms with Gasteiger partial charge in [0.05, 0.1) is 12.1 Å². The van der Waals surface area contributed by atoms with E-state index in [1.165, 1.54) is 11.3 Å². The number of nitrogens with one attached hydrogen (secondary N) is 1. The van der Waals surface area contributed by atoms with Gasteiger partial charge in [-0.3, -0.25) is 14.5 Å². The molecule has 2 aliphatic heterocycles. The number of aromatic nitrogens is 1. The second kappa shape index (κ2) is 6.11. The van der Waals surface area contributed by atoms with Gasteiger partial charge in [-0.25, -0.2) is 4.98 Å². The minimum atomic E-state index is 0.119. The predicted octanol–water partition coefficient (Wildman–Crippen LogP) is 0.633. The second-order valence-corrected chi connectivity index (χ2v) is 6.42. The van der Waals surface area contributed by atoms with Gasteiger partial charge < -0.3 is 10.2 Å². The monoisotopic (exact) mass is 308 g/mol. The van der Waals surface area contributed by atoms with Gasteiger partial charge in [-0.1, -0.05) is 0 Å². The average Bonchev–Trinajstić information content (AvgIpc) is 3.08. The number of carbonyl (C=O) groups is 2. The van der Waals surface area contributed by atoms with Crippen LogP contribution < -0.4 is 10.2 Å². The lowest BCUT2D eigenvalue weighted by atomic mass is 10.2. The molecule has 1 aromatic rings. The first-order valence-corrected chi connectivity index (χ1v) is 8.28. The predicted molar refractivity (Wildman–Crippen MR) is 81.4 cm³/mol. The number of hydrogen-bond donors (Lipinski definition) is 1. The van der Waals surface area contributed by atoms with E-state index in [1.807, 2.05) is 10.3 Å². The summed E-state index contributed by atoms with van der Waals surface area (Å²) in [4.78, 5) is 32.2. The van der Waals surface area contributed by atoms with Crippen LogP contribution in [0.25, 0.3) is 0 Å². The van der Waals surface area contributed by atoms with Crippen LogP contribution in [0.2, 0.25) is 0 Å². The molecule has 2 amide bonds. The minimum Gasteiger partial charge on any atom is -0.337 e. The van der Waals surface area contributed by atoms with Gasteiger partial charge in [-0.2, -0.15) is 0 Å². The summed E-state index contributed by atoms with van der Waals surface area (Å²) in [7, 11) is 0. The van der Waals surface area contributed by atoms with Crippen LogP contribution >= 0.6 is 11.3 Å². The quantitative estimate of drug-likeness (QED) is 0.889. The lowest BCUT2D eigenvalue weighted by molar-refractivity contribution is -0.133. The molecule has 3 rings (SSSR count). The highest BCUT2D eigenvalue weighted by molar-refractivity contribution is 7.14. The van der Waals surface area contributed by atoms with Crippen LogP contribution in [0.4, 0.5) is 5.13 Å². The summed E-state index contributed by atoms with van der Waals surface area (Å²) in [5.41, 5.74) is 0.769. The molecule has 0 aromatic carbocycles. The zero-order valence-corrected chi connectivity index (χ0v) is 13.0. The van der Waals surface area contributed by atoms with E-state index >= 15 is 0 Å². The van der Waals surface area contributed by atoms with Crippen LogP contribution in [-0.4, -0.2) is 53.9 Å². The van der Waals surface area contributed by atoms with Gasteiger partial charge in [0.2, 0.25) is 11.8 Å². The molecule has 3 heterocycles. The summed E-state index contributed by atoms with van der Waals surface area (Å²) in [5.74, 6) is 0.256. The summed E-state index contributed by atoms with van der Waals surface area (Å²) >= 11 is 1.45. The standard InChI is InChI=1S/C14H20N4O2S/c1-10-8-15-4-6-17(10)13(20)7-11-9-21-14(16-11)18-5-2-3-12(18)19/h9-10,15H,2-8H2,1H3/t10-/m0/s1. The van der Waals surface area contributed by atoms with E-state index in [4.69, 9.17) is 0 Å². The Kier molecular flexibility index (Phi) is 4.21. The van der Waals surface area contributed by atoms with E-state index in [2.05, 4.69) is 17.2 Å². The number of hydrogen-bond acceptors (Lipinski definition) is 5. The second-order valence-electron chi connectivity index (χ2n) is 5.59. The Morgan fingerprint density at radius 2 is 2.38 bits per heavy atom. The van der Waals surface area contributed by atoms with Gasteiger partial charge in [0.15, 0.2) is 5.13 Å². The van der Waals surface area contributed by atoms with E-state index in [1.54, 1.807) is 4.90 Å². The molecule has 2 fully saturated rings. The van der Waals surface area contributed by atoms with E-state index in [-0.39, 0.29) is 17.9 Å². The van der Waals surface area contributed by atoms with E-state index in [9.17, 15) is 9.59 Å². The molecule has 1 N–H and O–H groups in total. The van der Waals surface area contributed by atoms with Crippen molar-refractivity contribution in [2.45, 2.75) is 32.2 Å². The maximum absolute atomic E-state index is 12.4. The molecule has 0 radical (unpaired) electrons. The number of rotatable bonds is 3. The van der Waals surface area contributed by atoms with Crippen molar-refractivity contribution in [3.05, 3.63) is 11.1 Å². The van der Waals surface area contributed by atoms with Crippen LogP contribution in [0.3, 0.4) is 0 Å². The van der Waals surface area contributed by atoms with Gasteiger partial charge in [0, 0.05) is 44.0 Å². The fraction of sp³-hybridized carbons (Fsp3) is 0.643. The van der Waals surface area contributed by atoms with Gasteiger partial charge in [-0.15, -0.1) is 11.3 Å². The molecule has 1 atom stereocenters. The van der Waals surface area contributed by atoms with Crippen molar-refractivity contribution in [3.63, 3.8) is 0 Å². The van der Waals surface area contributed by atoms with E-state index < -0.39 is 0 Å². The van der Waals surface area contributed by atoms with Gasteiger partial charge >= 0.3 is 0 Å². The smallest absolute Gasteiger partial charge is 0.228 e. The molecule has 0 bridgehead atoms. The molecule has 21 heavy (non-hydrogen) atoms. The molecular weight excluding hydrogens is 288 g/mol. The third-order valence-corrected chi connectivity index (χ3v) is 4.91. The molecule has 7 heteroatoms. The Bertz CT molecular complexity index is 545. The van der Waals surface area contributed by atoms with Crippen LogP contribution in [0.1, 0.15) is 25.5 Å². The highest BCUT2D eigenvalue weighted by Gasteiger charge is 2.26. The van der Waals surface area contributed by atoms with Crippen molar-refractivity contribution < 1.29 is 9.59 Å². The summed E-state index contributed by atoms with van der Waals surface area (Å²) in [6.07, 6.45) is 1.82. The van der Waals surface area contributed by atoms with Gasteiger partial charge in [0.1, 0.15) is 0 Å². The molecular formula is C14H20N4O2S. The zero-order valence-electron chi connectivity index (χ0n) is 12.2. The van der Waals surface area contributed by atoms with Crippen molar-refractivity contribution in [1.82, 2.24) is 15.2 Å². The van der Waals surface area contributed by atoms with Crippen LogP contribution in [0.5, 0.6) is 0 Å². The topological polar surface area (TPSA) is 65.5 Å². The lowest BCUT2D eigenvalue weighted by Crippen LogP contribution is -2.52.